The molecular weight excluding hydrogens is 298 g/mol. The summed E-state index contributed by atoms with van der Waals surface area (Å²) in [6, 6.07) is -0.276. The summed E-state index contributed by atoms with van der Waals surface area (Å²) in [5.41, 5.74) is 6.37. The lowest BCUT2D eigenvalue weighted by molar-refractivity contribution is -0.181. The van der Waals surface area contributed by atoms with Crippen molar-refractivity contribution < 1.29 is 18.7 Å². The molecule has 1 amide bonds. The van der Waals surface area contributed by atoms with Gasteiger partial charge in [0.2, 0.25) is 5.89 Å². The highest BCUT2D eigenvalue weighted by molar-refractivity contribution is 5.92. The summed E-state index contributed by atoms with van der Waals surface area (Å²) in [7, 11) is 0. The summed E-state index contributed by atoms with van der Waals surface area (Å²) < 4.78 is 16.8. The molecule has 1 aromatic rings. The highest BCUT2D eigenvalue weighted by Gasteiger charge is 2.41. The van der Waals surface area contributed by atoms with Crippen LogP contribution in [0, 0.1) is 5.92 Å². The molecule has 128 valence electrons. The smallest absolute Gasteiger partial charge is 0.275 e. The minimum absolute atomic E-state index is 0.121. The van der Waals surface area contributed by atoms with E-state index in [1.807, 2.05) is 0 Å². The Bertz CT molecular complexity index is 541. The number of hydrogen-bond acceptors (Lipinski definition) is 6. The van der Waals surface area contributed by atoms with Crippen LogP contribution in [0.2, 0.25) is 0 Å². The molecule has 1 spiro atoms. The van der Waals surface area contributed by atoms with E-state index in [9.17, 15) is 4.79 Å². The first-order valence-electron chi connectivity index (χ1n) is 8.27. The Hall–Kier alpha value is -1.44. The van der Waals surface area contributed by atoms with E-state index in [-0.39, 0.29) is 11.9 Å². The molecular formula is C16H25N3O4. The van der Waals surface area contributed by atoms with Crippen LogP contribution in [-0.2, 0) is 9.47 Å². The van der Waals surface area contributed by atoms with Gasteiger partial charge in [-0.15, -0.1) is 0 Å². The number of aromatic nitrogens is 1. The maximum absolute atomic E-state index is 12.5. The Balaban J connectivity index is 1.59. The van der Waals surface area contributed by atoms with Gasteiger partial charge >= 0.3 is 0 Å². The SMILES string of the molecule is CC(C)CC(N)c1nc(C(=O)N2CCC3(CC2)OCCO3)co1. The van der Waals surface area contributed by atoms with Gasteiger partial charge in [0.1, 0.15) is 6.26 Å². The molecule has 7 heteroatoms. The van der Waals surface area contributed by atoms with E-state index >= 15 is 0 Å². The molecule has 0 aromatic carbocycles. The normalized spacial score (nSPS) is 22.0. The van der Waals surface area contributed by atoms with Crippen LogP contribution in [0.4, 0.5) is 0 Å². The predicted octanol–water partition coefficient (Wildman–Crippen LogP) is 1.70. The van der Waals surface area contributed by atoms with Crippen molar-refractivity contribution in [2.75, 3.05) is 26.3 Å². The molecule has 1 unspecified atom stereocenters. The van der Waals surface area contributed by atoms with Crippen molar-refractivity contribution in [3.63, 3.8) is 0 Å². The fourth-order valence-electron chi connectivity index (χ4n) is 3.16. The molecule has 2 aliphatic rings. The van der Waals surface area contributed by atoms with Crippen LogP contribution in [0.5, 0.6) is 0 Å². The lowest BCUT2D eigenvalue weighted by Gasteiger charge is -2.37. The van der Waals surface area contributed by atoms with Crippen molar-refractivity contribution >= 4 is 5.91 Å². The molecule has 23 heavy (non-hydrogen) atoms. The van der Waals surface area contributed by atoms with Crippen molar-refractivity contribution in [2.45, 2.75) is 44.9 Å². The van der Waals surface area contributed by atoms with E-state index in [2.05, 4.69) is 18.8 Å². The average molecular weight is 323 g/mol. The third-order valence-electron chi connectivity index (χ3n) is 4.41. The number of ether oxygens (including phenoxy) is 2. The van der Waals surface area contributed by atoms with E-state index < -0.39 is 5.79 Å². The molecule has 0 bridgehead atoms. The third kappa shape index (κ3) is 3.57. The number of piperidine rings is 1. The second-order valence-corrected chi connectivity index (χ2v) is 6.71. The minimum atomic E-state index is -0.481. The zero-order valence-corrected chi connectivity index (χ0v) is 13.8. The summed E-state index contributed by atoms with van der Waals surface area (Å²) in [5.74, 6) is 0.272. The van der Waals surface area contributed by atoms with Crippen LogP contribution < -0.4 is 5.73 Å². The Morgan fingerprint density at radius 1 is 1.35 bits per heavy atom. The fraction of sp³-hybridized carbons (Fsp3) is 0.750. The van der Waals surface area contributed by atoms with E-state index in [0.29, 0.717) is 56.6 Å². The summed E-state index contributed by atoms with van der Waals surface area (Å²) in [4.78, 5) is 18.6. The monoisotopic (exact) mass is 323 g/mol. The Morgan fingerprint density at radius 3 is 2.61 bits per heavy atom. The third-order valence-corrected chi connectivity index (χ3v) is 4.41. The molecule has 2 N–H and O–H groups in total. The lowest BCUT2D eigenvalue weighted by atomic mass is 10.0. The minimum Gasteiger partial charge on any atom is -0.446 e. The first-order valence-corrected chi connectivity index (χ1v) is 8.27. The molecule has 2 aliphatic heterocycles. The number of rotatable bonds is 4. The maximum atomic E-state index is 12.5. The van der Waals surface area contributed by atoms with Gasteiger partial charge in [-0.05, 0) is 12.3 Å². The zero-order valence-electron chi connectivity index (χ0n) is 13.8. The molecule has 0 saturated carbocycles. The summed E-state index contributed by atoms with van der Waals surface area (Å²) in [5, 5.41) is 0. The van der Waals surface area contributed by atoms with Crippen molar-refractivity contribution in [1.29, 1.82) is 0 Å². The predicted molar refractivity (Wildman–Crippen MR) is 82.7 cm³/mol. The van der Waals surface area contributed by atoms with Crippen molar-refractivity contribution in [1.82, 2.24) is 9.88 Å². The van der Waals surface area contributed by atoms with Crippen LogP contribution in [0.15, 0.2) is 10.7 Å². The van der Waals surface area contributed by atoms with E-state index in [1.54, 1.807) is 4.90 Å². The fourth-order valence-corrected chi connectivity index (χ4v) is 3.16. The zero-order chi connectivity index (χ0) is 16.4. The molecule has 3 rings (SSSR count). The molecule has 0 aliphatic carbocycles. The van der Waals surface area contributed by atoms with Gasteiger partial charge in [-0.2, -0.15) is 0 Å². The lowest BCUT2D eigenvalue weighted by Crippen LogP contribution is -2.47. The molecule has 3 heterocycles. The van der Waals surface area contributed by atoms with Gasteiger partial charge in [0.15, 0.2) is 11.5 Å². The molecule has 1 atom stereocenters. The molecule has 2 saturated heterocycles. The molecule has 1 aromatic heterocycles. The molecule has 0 radical (unpaired) electrons. The highest BCUT2D eigenvalue weighted by atomic mass is 16.7. The first kappa shape index (κ1) is 16.4. The second-order valence-electron chi connectivity index (χ2n) is 6.71. The van der Waals surface area contributed by atoms with E-state index in [4.69, 9.17) is 19.6 Å². The summed E-state index contributed by atoms with van der Waals surface area (Å²) in [6.07, 6.45) is 3.56. The molecule has 7 nitrogen and oxygen atoms in total. The maximum Gasteiger partial charge on any atom is 0.275 e. The standard InChI is InChI=1S/C16H25N3O4/c1-11(2)9-12(17)14-18-13(10-21-14)15(20)19-5-3-16(4-6-19)22-7-8-23-16/h10-12H,3-9,17H2,1-2H3. The number of oxazole rings is 1. The summed E-state index contributed by atoms with van der Waals surface area (Å²) in [6.45, 7) is 6.64. The number of likely N-dealkylation sites (tertiary alicyclic amines) is 1. The first-order chi connectivity index (χ1) is 11.0. The van der Waals surface area contributed by atoms with Crippen LogP contribution in [0.3, 0.4) is 0 Å². The summed E-state index contributed by atoms with van der Waals surface area (Å²) >= 11 is 0. The number of hydrogen-bond donors (Lipinski definition) is 1. The van der Waals surface area contributed by atoms with Gasteiger partial charge in [0.05, 0.1) is 19.3 Å². The van der Waals surface area contributed by atoms with Crippen LogP contribution in [0.25, 0.3) is 0 Å². The van der Waals surface area contributed by atoms with Crippen molar-refractivity contribution in [2.24, 2.45) is 11.7 Å². The van der Waals surface area contributed by atoms with Crippen LogP contribution in [0.1, 0.15) is 55.5 Å². The molecule has 2 fully saturated rings. The largest absolute Gasteiger partial charge is 0.446 e. The number of carbonyl (C=O) groups is 1. The number of carbonyl (C=O) groups excluding carboxylic acids is 1. The Labute approximate surface area is 136 Å². The van der Waals surface area contributed by atoms with E-state index in [1.165, 1.54) is 6.26 Å². The van der Waals surface area contributed by atoms with E-state index in [0.717, 1.165) is 6.42 Å². The highest BCUT2D eigenvalue weighted by Crippen LogP contribution is 2.31. The Morgan fingerprint density at radius 2 is 2.00 bits per heavy atom. The van der Waals surface area contributed by atoms with Gasteiger partial charge in [-0.3, -0.25) is 4.79 Å². The second kappa shape index (κ2) is 6.59. The van der Waals surface area contributed by atoms with Gasteiger partial charge in [0, 0.05) is 25.9 Å². The average Bonchev–Trinajstić information content (AvgIpc) is 3.16. The Kier molecular flexibility index (Phi) is 4.70. The van der Waals surface area contributed by atoms with Gasteiger partial charge in [-0.25, -0.2) is 4.98 Å². The quantitative estimate of drug-likeness (QED) is 0.907. The number of nitrogens with two attached hydrogens (primary N) is 1. The number of nitrogens with zero attached hydrogens (tertiary/aromatic N) is 2. The van der Waals surface area contributed by atoms with Crippen LogP contribution >= 0.6 is 0 Å². The van der Waals surface area contributed by atoms with Gasteiger partial charge in [-0.1, -0.05) is 13.8 Å². The topological polar surface area (TPSA) is 90.8 Å². The van der Waals surface area contributed by atoms with Crippen molar-refractivity contribution in [3.05, 3.63) is 17.8 Å². The van der Waals surface area contributed by atoms with Gasteiger partial charge in [0.25, 0.3) is 5.91 Å². The van der Waals surface area contributed by atoms with Gasteiger partial charge < -0.3 is 24.5 Å². The van der Waals surface area contributed by atoms with Crippen molar-refractivity contribution in [3.8, 4) is 0 Å². The number of amides is 1. The van der Waals surface area contributed by atoms with Crippen LogP contribution in [-0.4, -0.2) is 47.9 Å².